The van der Waals surface area contributed by atoms with Crippen LogP contribution in [0.1, 0.15) is 23.1 Å². The first kappa shape index (κ1) is 12.0. The van der Waals surface area contributed by atoms with Gasteiger partial charge in [0.15, 0.2) is 0 Å². The van der Waals surface area contributed by atoms with Crippen molar-refractivity contribution in [2.75, 3.05) is 0 Å². The van der Waals surface area contributed by atoms with Crippen molar-refractivity contribution in [3.05, 3.63) is 77.9 Å². The molecule has 2 aromatic rings. The van der Waals surface area contributed by atoms with Crippen LogP contribution in [0, 0.1) is 0 Å². The molecule has 19 heavy (non-hydrogen) atoms. The Morgan fingerprint density at radius 1 is 1.11 bits per heavy atom. The van der Waals surface area contributed by atoms with Crippen molar-refractivity contribution < 1.29 is 9.84 Å². The Balaban J connectivity index is 2.28. The zero-order valence-corrected chi connectivity index (χ0v) is 10.7. The standard InChI is InChI=1S/C17H16O2/c1-2-11-17(18)14-8-4-3-7-13(14)12-19-16-10-6-5-9-15(16)17/h2-10,18H,1,11-12H2. The fourth-order valence-electron chi connectivity index (χ4n) is 2.71. The second kappa shape index (κ2) is 4.56. The maximum absolute atomic E-state index is 11.2. The molecule has 3 rings (SSSR count). The van der Waals surface area contributed by atoms with Crippen LogP contribution in [0.15, 0.2) is 61.2 Å². The molecule has 2 aromatic carbocycles. The fraction of sp³-hybridized carbons (Fsp3) is 0.176. The van der Waals surface area contributed by atoms with Crippen LogP contribution in [0.4, 0.5) is 0 Å². The molecule has 2 nitrogen and oxygen atoms in total. The van der Waals surface area contributed by atoms with E-state index < -0.39 is 5.60 Å². The van der Waals surface area contributed by atoms with Gasteiger partial charge in [-0.25, -0.2) is 0 Å². The molecule has 1 unspecified atom stereocenters. The molecule has 0 amide bonds. The number of para-hydroxylation sites is 1. The first-order valence-electron chi connectivity index (χ1n) is 6.39. The lowest BCUT2D eigenvalue weighted by Crippen LogP contribution is -2.27. The molecule has 0 saturated carbocycles. The van der Waals surface area contributed by atoms with Gasteiger partial charge >= 0.3 is 0 Å². The van der Waals surface area contributed by atoms with Crippen molar-refractivity contribution >= 4 is 0 Å². The smallest absolute Gasteiger partial charge is 0.126 e. The van der Waals surface area contributed by atoms with Crippen LogP contribution in [0.5, 0.6) is 5.75 Å². The maximum Gasteiger partial charge on any atom is 0.126 e. The lowest BCUT2D eigenvalue weighted by molar-refractivity contribution is 0.0834. The Bertz CT molecular complexity index is 569. The molecule has 0 fully saturated rings. The van der Waals surface area contributed by atoms with Gasteiger partial charge in [0, 0.05) is 12.0 Å². The number of hydrogen-bond donors (Lipinski definition) is 1. The zero-order chi connectivity index (χ0) is 13.3. The van der Waals surface area contributed by atoms with Crippen molar-refractivity contribution in [1.29, 1.82) is 0 Å². The van der Waals surface area contributed by atoms with E-state index >= 15 is 0 Å². The molecule has 0 bridgehead atoms. The SMILES string of the molecule is C=CCC1(O)c2ccccc2COc2ccccc21. The molecule has 2 heteroatoms. The van der Waals surface area contributed by atoms with E-state index in [1.165, 1.54) is 0 Å². The van der Waals surface area contributed by atoms with Gasteiger partial charge in [-0.3, -0.25) is 0 Å². The minimum absolute atomic E-state index is 0.463. The average molecular weight is 252 g/mol. The van der Waals surface area contributed by atoms with Gasteiger partial charge < -0.3 is 9.84 Å². The summed E-state index contributed by atoms with van der Waals surface area (Å²) in [6.45, 7) is 4.25. The van der Waals surface area contributed by atoms with Crippen LogP contribution in [-0.2, 0) is 12.2 Å². The summed E-state index contributed by atoms with van der Waals surface area (Å²) in [5.41, 5.74) is 1.66. The van der Waals surface area contributed by atoms with Crippen LogP contribution in [0.3, 0.4) is 0 Å². The summed E-state index contributed by atoms with van der Waals surface area (Å²) in [5, 5.41) is 11.2. The third-order valence-electron chi connectivity index (χ3n) is 3.62. The second-order valence-electron chi connectivity index (χ2n) is 4.80. The fourth-order valence-corrected chi connectivity index (χ4v) is 2.71. The maximum atomic E-state index is 11.2. The molecular weight excluding hydrogens is 236 g/mol. The number of hydrogen-bond acceptors (Lipinski definition) is 2. The van der Waals surface area contributed by atoms with E-state index in [-0.39, 0.29) is 0 Å². The first-order chi connectivity index (χ1) is 9.25. The number of aliphatic hydroxyl groups is 1. The number of ether oxygens (including phenoxy) is 1. The topological polar surface area (TPSA) is 29.5 Å². The predicted molar refractivity (Wildman–Crippen MR) is 75.0 cm³/mol. The molecule has 1 N–H and O–H groups in total. The zero-order valence-electron chi connectivity index (χ0n) is 10.7. The molecule has 1 aliphatic rings. The minimum Gasteiger partial charge on any atom is -0.488 e. The summed E-state index contributed by atoms with van der Waals surface area (Å²) in [6, 6.07) is 15.5. The highest BCUT2D eigenvalue weighted by Gasteiger charge is 2.36. The Labute approximate surface area is 113 Å². The Morgan fingerprint density at radius 2 is 1.79 bits per heavy atom. The van der Waals surface area contributed by atoms with Crippen molar-refractivity contribution in [2.24, 2.45) is 0 Å². The van der Waals surface area contributed by atoms with E-state index in [4.69, 9.17) is 4.74 Å². The molecule has 1 atom stereocenters. The van der Waals surface area contributed by atoms with Gasteiger partial charge in [-0.15, -0.1) is 6.58 Å². The van der Waals surface area contributed by atoms with Gasteiger partial charge in [0.2, 0.25) is 0 Å². The van der Waals surface area contributed by atoms with Gasteiger partial charge in [-0.1, -0.05) is 48.5 Å². The largest absolute Gasteiger partial charge is 0.488 e. The summed E-state index contributed by atoms with van der Waals surface area (Å²) in [4.78, 5) is 0. The molecule has 0 aromatic heterocycles. The van der Waals surface area contributed by atoms with Crippen molar-refractivity contribution in [1.82, 2.24) is 0 Å². The Morgan fingerprint density at radius 3 is 2.58 bits per heavy atom. The van der Waals surface area contributed by atoms with Gasteiger partial charge in [-0.2, -0.15) is 0 Å². The third kappa shape index (κ3) is 1.85. The van der Waals surface area contributed by atoms with Crippen LogP contribution in [0.25, 0.3) is 0 Å². The van der Waals surface area contributed by atoms with Crippen LogP contribution < -0.4 is 4.74 Å². The lowest BCUT2D eigenvalue weighted by atomic mass is 9.81. The first-order valence-corrected chi connectivity index (χ1v) is 6.39. The van der Waals surface area contributed by atoms with Gasteiger partial charge in [0.25, 0.3) is 0 Å². The quantitative estimate of drug-likeness (QED) is 0.830. The minimum atomic E-state index is -1.06. The van der Waals surface area contributed by atoms with E-state index in [0.717, 1.165) is 22.4 Å². The molecule has 0 radical (unpaired) electrons. The average Bonchev–Trinajstić information content (AvgIpc) is 2.57. The van der Waals surface area contributed by atoms with Crippen LogP contribution >= 0.6 is 0 Å². The molecule has 96 valence electrons. The predicted octanol–water partition coefficient (Wildman–Crippen LogP) is 3.39. The summed E-state index contributed by atoms with van der Waals surface area (Å²) >= 11 is 0. The summed E-state index contributed by atoms with van der Waals surface area (Å²) in [7, 11) is 0. The Hall–Kier alpha value is -2.06. The molecule has 1 heterocycles. The van der Waals surface area contributed by atoms with Crippen molar-refractivity contribution in [3.63, 3.8) is 0 Å². The van der Waals surface area contributed by atoms with Crippen molar-refractivity contribution in [3.8, 4) is 5.75 Å². The summed E-state index contributed by atoms with van der Waals surface area (Å²) < 4.78 is 5.82. The molecular formula is C17H16O2. The van der Waals surface area contributed by atoms with E-state index in [2.05, 4.69) is 6.58 Å². The Kier molecular flexibility index (Phi) is 2.88. The number of benzene rings is 2. The highest BCUT2D eigenvalue weighted by Crippen LogP contribution is 2.42. The monoisotopic (exact) mass is 252 g/mol. The van der Waals surface area contributed by atoms with Crippen molar-refractivity contribution in [2.45, 2.75) is 18.6 Å². The van der Waals surface area contributed by atoms with Gasteiger partial charge in [-0.05, 0) is 17.2 Å². The molecule has 1 aliphatic heterocycles. The highest BCUT2D eigenvalue weighted by molar-refractivity contribution is 5.49. The lowest BCUT2D eigenvalue weighted by Gasteiger charge is -2.28. The molecule has 0 saturated heterocycles. The molecule has 0 aliphatic carbocycles. The van der Waals surface area contributed by atoms with Gasteiger partial charge in [0.1, 0.15) is 18.0 Å². The highest BCUT2D eigenvalue weighted by atomic mass is 16.5. The van der Waals surface area contributed by atoms with Crippen LogP contribution in [-0.4, -0.2) is 5.11 Å². The normalized spacial score (nSPS) is 20.7. The second-order valence-corrected chi connectivity index (χ2v) is 4.80. The third-order valence-corrected chi connectivity index (χ3v) is 3.62. The number of rotatable bonds is 2. The number of fused-ring (bicyclic) bond motifs is 2. The summed E-state index contributed by atoms with van der Waals surface area (Å²) in [5.74, 6) is 0.739. The van der Waals surface area contributed by atoms with Crippen LogP contribution in [0.2, 0.25) is 0 Å². The van der Waals surface area contributed by atoms with E-state index in [9.17, 15) is 5.11 Å². The van der Waals surface area contributed by atoms with Gasteiger partial charge in [0.05, 0.1) is 0 Å². The summed E-state index contributed by atoms with van der Waals surface area (Å²) in [6.07, 6.45) is 2.21. The van der Waals surface area contributed by atoms with E-state index in [0.29, 0.717) is 13.0 Å². The van der Waals surface area contributed by atoms with E-state index in [1.54, 1.807) is 6.08 Å². The molecule has 0 spiro atoms. The van der Waals surface area contributed by atoms with E-state index in [1.807, 2.05) is 48.5 Å².